The van der Waals surface area contributed by atoms with Crippen LogP contribution in [0.5, 0.6) is 11.6 Å². The lowest BCUT2D eigenvalue weighted by Gasteiger charge is -2.18. The summed E-state index contributed by atoms with van der Waals surface area (Å²) in [7, 11) is 1.34. The highest BCUT2D eigenvalue weighted by Crippen LogP contribution is 2.38. The smallest absolute Gasteiger partial charge is 0.306 e. The Morgan fingerprint density at radius 2 is 2.00 bits per heavy atom. The second kappa shape index (κ2) is 8.84. The van der Waals surface area contributed by atoms with Gasteiger partial charge in [-0.1, -0.05) is 6.07 Å². The van der Waals surface area contributed by atoms with Crippen molar-refractivity contribution < 1.29 is 28.6 Å². The first-order valence-electron chi connectivity index (χ1n) is 11.3. The highest BCUT2D eigenvalue weighted by atomic mass is 16.5. The van der Waals surface area contributed by atoms with Crippen LogP contribution in [-0.4, -0.2) is 49.0 Å². The van der Waals surface area contributed by atoms with Gasteiger partial charge < -0.3 is 19.1 Å². The molecule has 0 radical (unpaired) electrons. The van der Waals surface area contributed by atoms with Crippen LogP contribution < -0.4 is 14.4 Å². The van der Waals surface area contributed by atoms with Crippen molar-refractivity contribution in [1.29, 1.82) is 0 Å². The number of methoxy groups -OCH3 is 1. The van der Waals surface area contributed by atoms with E-state index in [-0.39, 0.29) is 36.4 Å². The van der Waals surface area contributed by atoms with E-state index in [1.165, 1.54) is 20.0 Å². The van der Waals surface area contributed by atoms with Crippen LogP contribution in [0.25, 0.3) is 0 Å². The molecule has 8 heteroatoms. The van der Waals surface area contributed by atoms with E-state index < -0.39 is 6.10 Å². The third-order valence-electron chi connectivity index (χ3n) is 6.47. The average Bonchev–Trinajstić information content (AvgIpc) is 3.53. The molecule has 1 aromatic carbocycles. The molecule has 0 bridgehead atoms. The largest absolute Gasteiger partial charge is 0.479 e. The lowest BCUT2D eigenvalue weighted by Crippen LogP contribution is -2.32. The zero-order valence-electron chi connectivity index (χ0n) is 18.5. The Hall–Kier alpha value is -3.42. The van der Waals surface area contributed by atoms with Crippen LogP contribution >= 0.6 is 0 Å². The van der Waals surface area contributed by atoms with Crippen LogP contribution in [0.15, 0.2) is 36.5 Å². The number of hydrogen-bond donors (Lipinski definition) is 0. The van der Waals surface area contributed by atoms with Gasteiger partial charge in [-0.3, -0.25) is 14.4 Å². The van der Waals surface area contributed by atoms with Crippen molar-refractivity contribution in [2.45, 2.75) is 44.1 Å². The van der Waals surface area contributed by atoms with Crippen LogP contribution in [0.2, 0.25) is 0 Å². The van der Waals surface area contributed by atoms with Crippen LogP contribution in [0.4, 0.5) is 5.69 Å². The first kappa shape index (κ1) is 21.4. The van der Waals surface area contributed by atoms with Gasteiger partial charge in [0.05, 0.1) is 26.3 Å². The van der Waals surface area contributed by atoms with E-state index in [1.54, 1.807) is 29.3 Å². The van der Waals surface area contributed by atoms with Crippen molar-refractivity contribution in [3.05, 3.63) is 47.7 Å². The first-order chi connectivity index (χ1) is 16.0. The molecule has 1 aromatic heterocycles. The van der Waals surface area contributed by atoms with Crippen molar-refractivity contribution in [1.82, 2.24) is 4.98 Å². The third-order valence-corrected chi connectivity index (χ3v) is 6.47. The molecule has 2 aliphatic carbocycles. The summed E-state index contributed by atoms with van der Waals surface area (Å²) in [6.45, 7) is 1.19. The summed E-state index contributed by atoms with van der Waals surface area (Å²) in [6.07, 6.45) is 4.39. The summed E-state index contributed by atoms with van der Waals surface area (Å²) in [5.74, 6) is 1.04. The van der Waals surface area contributed by atoms with Gasteiger partial charge in [0.25, 0.3) is 5.91 Å². The number of amides is 1. The number of Topliss-reactive ketones (excluding diaryl/α,β-unsaturated/α-hetero) is 1. The number of carbonyl (C=O) groups excluding carboxylic acids is 3. The molecule has 5 rings (SSSR count). The predicted octanol–water partition coefficient (Wildman–Crippen LogP) is 3.29. The molecule has 33 heavy (non-hydrogen) atoms. The van der Waals surface area contributed by atoms with E-state index in [9.17, 15) is 14.4 Å². The maximum absolute atomic E-state index is 13.0. The van der Waals surface area contributed by atoms with E-state index in [4.69, 9.17) is 14.2 Å². The summed E-state index contributed by atoms with van der Waals surface area (Å²) >= 11 is 0. The molecule has 1 aliphatic heterocycles. The van der Waals surface area contributed by atoms with E-state index in [1.807, 2.05) is 12.1 Å². The maximum Gasteiger partial charge on any atom is 0.306 e. The van der Waals surface area contributed by atoms with E-state index in [2.05, 4.69) is 4.98 Å². The van der Waals surface area contributed by atoms with Gasteiger partial charge in [0.1, 0.15) is 5.75 Å². The molecule has 2 fully saturated rings. The number of anilines is 1. The Bertz CT molecular complexity index is 1080. The second-order valence-corrected chi connectivity index (χ2v) is 8.85. The fourth-order valence-corrected chi connectivity index (χ4v) is 4.41. The van der Waals surface area contributed by atoms with Gasteiger partial charge in [-0.05, 0) is 42.5 Å². The molecular formula is C25H26N2O6. The zero-order chi connectivity index (χ0) is 22.9. The SMILES string of the molecule is COC(=O)CC1CC(=O)c2cc(N3CC[C@@H](Oc4ccc(OCC5CC5)nc4)C3=O)ccc21. The summed E-state index contributed by atoms with van der Waals surface area (Å²) in [5, 5.41) is 0. The maximum atomic E-state index is 13.0. The molecule has 1 amide bonds. The van der Waals surface area contributed by atoms with Crippen molar-refractivity contribution in [3.63, 3.8) is 0 Å². The minimum absolute atomic E-state index is 0.0183. The standard InChI is InChI=1S/C25H26N2O6/c1-31-24(29)11-16-10-21(28)20-12-17(4-6-19(16)20)27-9-8-22(25(27)30)33-18-5-7-23(26-13-18)32-14-15-2-3-15/h4-7,12-13,15-16,22H,2-3,8-11,14H2,1H3/t16?,22-/m1/s1. The number of benzene rings is 1. The summed E-state index contributed by atoms with van der Waals surface area (Å²) in [4.78, 5) is 43.1. The van der Waals surface area contributed by atoms with Gasteiger partial charge in [-0.2, -0.15) is 0 Å². The Labute approximate surface area is 191 Å². The van der Waals surface area contributed by atoms with E-state index >= 15 is 0 Å². The molecule has 2 heterocycles. The van der Waals surface area contributed by atoms with Gasteiger partial charge in [0.15, 0.2) is 11.9 Å². The van der Waals surface area contributed by atoms with Crippen LogP contribution in [0.3, 0.4) is 0 Å². The van der Waals surface area contributed by atoms with E-state index in [0.717, 1.165) is 5.56 Å². The van der Waals surface area contributed by atoms with Gasteiger partial charge in [-0.15, -0.1) is 0 Å². The molecule has 1 unspecified atom stereocenters. The number of ketones is 1. The van der Waals surface area contributed by atoms with Crippen molar-refractivity contribution in [3.8, 4) is 11.6 Å². The highest BCUT2D eigenvalue weighted by Gasteiger charge is 2.37. The van der Waals surface area contributed by atoms with Crippen LogP contribution in [0.1, 0.15) is 53.9 Å². The number of fused-ring (bicyclic) bond motifs is 1. The quantitative estimate of drug-likeness (QED) is 0.570. The molecule has 1 saturated heterocycles. The number of carbonyl (C=O) groups is 3. The summed E-state index contributed by atoms with van der Waals surface area (Å²) in [5.41, 5.74) is 2.08. The molecule has 0 spiro atoms. The van der Waals surface area contributed by atoms with Crippen molar-refractivity contribution >= 4 is 23.3 Å². The monoisotopic (exact) mass is 450 g/mol. The van der Waals surface area contributed by atoms with Gasteiger partial charge in [0, 0.05) is 42.6 Å². The second-order valence-electron chi connectivity index (χ2n) is 8.85. The molecule has 0 N–H and O–H groups in total. The number of ether oxygens (including phenoxy) is 3. The molecule has 2 aromatic rings. The summed E-state index contributed by atoms with van der Waals surface area (Å²) in [6, 6.07) is 8.94. The number of hydrogen-bond acceptors (Lipinski definition) is 7. The fourth-order valence-electron chi connectivity index (χ4n) is 4.41. The Morgan fingerprint density at radius 3 is 2.73 bits per heavy atom. The lowest BCUT2D eigenvalue weighted by molar-refractivity contribution is -0.141. The molecule has 1 saturated carbocycles. The lowest BCUT2D eigenvalue weighted by atomic mass is 9.97. The third kappa shape index (κ3) is 4.55. The van der Waals surface area contributed by atoms with Gasteiger partial charge >= 0.3 is 5.97 Å². The topological polar surface area (TPSA) is 95.0 Å². The Balaban J connectivity index is 1.23. The van der Waals surface area contributed by atoms with Crippen molar-refractivity contribution in [2.24, 2.45) is 5.92 Å². The number of pyridine rings is 1. The minimum Gasteiger partial charge on any atom is -0.479 e. The average molecular weight is 450 g/mol. The summed E-state index contributed by atoms with van der Waals surface area (Å²) < 4.78 is 16.3. The van der Waals surface area contributed by atoms with Crippen LogP contribution in [-0.2, 0) is 14.3 Å². The highest BCUT2D eigenvalue weighted by molar-refractivity contribution is 6.05. The minimum atomic E-state index is -0.610. The molecule has 8 nitrogen and oxygen atoms in total. The molecule has 172 valence electrons. The van der Waals surface area contributed by atoms with Gasteiger partial charge in [-0.25, -0.2) is 4.98 Å². The van der Waals surface area contributed by atoms with Crippen LogP contribution in [0, 0.1) is 5.92 Å². The van der Waals surface area contributed by atoms with Crippen molar-refractivity contribution in [2.75, 3.05) is 25.2 Å². The number of aromatic nitrogens is 1. The first-order valence-corrected chi connectivity index (χ1v) is 11.3. The van der Waals surface area contributed by atoms with E-state index in [0.29, 0.717) is 48.4 Å². The molecule has 2 atom stereocenters. The zero-order valence-corrected chi connectivity index (χ0v) is 18.5. The predicted molar refractivity (Wildman–Crippen MR) is 119 cm³/mol. The number of rotatable bonds is 8. The Morgan fingerprint density at radius 1 is 1.15 bits per heavy atom. The molecular weight excluding hydrogens is 424 g/mol. The molecule has 3 aliphatic rings. The van der Waals surface area contributed by atoms with Gasteiger partial charge in [0.2, 0.25) is 5.88 Å². The number of nitrogens with zero attached hydrogens (tertiary/aromatic N) is 2. The number of esters is 1. The Kier molecular flexibility index (Phi) is 5.74. The fraction of sp³-hybridized carbons (Fsp3) is 0.440. The normalized spacial score (nSPS) is 21.8.